The van der Waals surface area contributed by atoms with E-state index in [1.54, 1.807) is 97.1 Å². The molecule has 0 amide bonds. The summed E-state index contributed by atoms with van der Waals surface area (Å²) in [5, 5.41) is 0. The fourth-order valence-electron chi connectivity index (χ4n) is 3.27. The lowest BCUT2D eigenvalue weighted by Gasteiger charge is -2.10. The predicted molar refractivity (Wildman–Crippen MR) is 146 cm³/mol. The van der Waals surface area contributed by atoms with Gasteiger partial charge in [0.15, 0.2) is 0 Å². The van der Waals surface area contributed by atoms with Crippen molar-refractivity contribution in [3.63, 3.8) is 0 Å². The van der Waals surface area contributed by atoms with Gasteiger partial charge in [-0.3, -0.25) is 9.44 Å². The first-order chi connectivity index (χ1) is 16.6. The van der Waals surface area contributed by atoms with Crippen molar-refractivity contribution >= 4 is 63.3 Å². The molecule has 0 bridgehead atoms. The second-order valence-electron chi connectivity index (χ2n) is 7.69. The van der Waals surface area contributed by atoms with Gasteiger partial charge in [0.1, 0.15) is 0 Å². The van der Waals surface area contributed by atoms with Crippen LogP contribution in [0.1, 0.15) is 11.1 Å². The van der Waals surface area contributed by atoms with Crippen LogP contribution in [0.15, 0.2) is 116 Å². The summed E-state index contributed by atoms with van der Waals surface area (Å²) in [7, 11) is -7.42. The molecule has 0 aromatic heterocycles. The Morgan fingerprint density at radius 2 is 0.800 bits per heavy atom. The van der Waals surface area contributed by atoms with Crippen molar-refractivity contribution in [2.45, 2.75) is 16.2 Å². The van der Waals surface area contributed by atoms with Crippen LogP contribution in [-0.4, -0.2) is 16.8 Å². The molecule has 0 spiro atoms. The lowest BCUT2D eigenvalue weighted by molar-refractivity contribution is 0.599. The van der Waals surface area contributed by atoms with E-state index in [4.69, 9.17) is 0 Å². The third-order valence-corrected chi connectivity index (χ3v) is 8.92. The molecule has 0 fully saturated rings. The molecule has 0 aliphatic carbocycles. The van der Waals surface area contributed by atoms with Gasteiger partial charge < -0.3 is 0 Å². The van der Waals surface area contributed by atoms with Crippen molar-refractivity contribution in [2.24, 2.45) is 0 Å². The Hall–Kier alpha value is -2.66. The zero-order valence-electron chi connectivity index (χ0n) is 18.2. The van der Waals surface area contributed by atoms with E-state index in [1.807, 2.05) is 0 Å². The van der Waals surface area contributed by atoms with Gasteiger partial charge in [-0.05, 0) is 90.3 Å². The molecule has 0 radical (unpaired) electrons. The van der Waals surface area contributed by atoms with Crippen LogP contribution in [0.5, 0.6) is 0 Å². The number of hydrogen-bond donors (Lipinski definition) is 2. The lowest BCUT2D eigenvalue weighted by atomic mass is 10.1. The van der Waals surface area contributed by atoms with Crippen LogP contribution in [-0.2, 0) is 26.5 Å². The summed E-state index contributed by atoms with van der Waals surface area (Å²) in [5.41, 5.74) is 2.75. The molecule has 10 heteroatoms. The highest BCUT2D eigenvalue weighted by Gasteiger charge is 2.15. The molecule has 0 heterocycles. The molecule has 180 valence electrons. The van der Waals surface area contributed by atoms with Gasteiger partial charge in [0.2, 0.25) is 0 Å². The largest absolute Gasteiger partial charge is 0.280 e. The van der Waals surface area contributed by atoms with E-state index in [2.05, 4.69) is 41.3 Å². The molecule has 4 aromatic carbocycles. The Balaban J connectivity index is 1.42. The van der Waals surface area contributed by atoms with Gasteiger partial charge in [0.05, 0.1) is 9.79 Å². The minimum absolute atomic E-state index is 0.157. The van der Waals surface area contributed by atoms with Gasteiger partial charge in [0, 0.05) is 20.3 Å². The second-order valence-corrected chi connectivity index (χ2v) is 12.9. The predicted octanol–water partition coefficient (Wildman–Crippen LogP) is 6.40. The minimum Gasteiger partial charge on any atom is -0.280 e. The first-order valence-corrected chi connectivity index (χ1v) is 14.9. The van der Waals surface area contributed by atoms with Crippen LogP contribution in [0.4, 0.5) is 11.4 Å². The fourth-order valence-corrected chi connectivity index (χ4v) is 5.92. The van der Waals surface area contributed by atoms with E-state index in [9.17, 15) is 16.8 Å². The molecular formula is C25H20Br2N2O4S2. The van der Waals surface area contributed by atoms with Gasteiger partial charge in [-0.25, -0.2) is 16.8 Å². The summed E-state index contributed by atoms with van der Waals surface area (Å²) < 4.78 is 57.4. The molecule has 0 aliphatic rings. The highest BCUT2D eigenvalue weighted by atomic mass is 79.9. The number of rotatable bonds is 8. The van der Waals surface area contributed by atoms with E-state index in [1.165, 1.54) is 0 Å². The number of sulfonamides is 2. The van der Waals surface area contributed by atoms with Crippen molar-refractivity contribution in [1.29, 1.82) is 0 Å². The third kappa shape index (κ3) is 6.72. The number of nitrogens with one attached hydrogen (secondary N) is 2. The quantitative estimate of drug-likeness (QED) is 0.234. The minimum atomic E-state index is -3.71. The SMILES string of the molecule is O=S(=O)(Nc1ccc(Br)cc1)c1ccc(Cc2ccc(S(=O)(=O)Nc3ccc(Br)cc3)cc2)cc1. The van der Waals surface area contributed by atoms with E-state index in [-0.39, 0.29) is 9.79 Å². The van der Waals surface area contributed by atoms with E-state index in [0.29, 0.717) is 17.8 Å². The van der Waals surface area contributed by atoms with Gasteiger partial charge in [-0.1, -0.05) is 56.1 Å². The maximum atomic E-state index is 12.6. The average Bonchev–Trinajstić information content (AvgIpc) is 2.82. The average molecular weight is 636 g/mol. The molecule has 2 N–H and O–H groups in total. The van der Waals surface area contributed by atoms with Gasteiger partial charge in [-0.15, -0.1) is 0 Å². The highest BCUT2D eigenvalue weighted by molar-refractivity contribution is 9.10. The Morgan fingerprint density at radius 3 is 1.11 bits per heavy atom. The van der Waals surface area contributed by atoms with E-state index < -0.39 is 20.0 Å². The maximum Gasteiger partial charge on any atom is 0.261 e. The lowest BCUT2D eigenvalue weighted by Crippen LogP contribution is -2.13. The van der Waals surface area contributed by atoms with Gasteiger partial charge in [-0.2, -0.15) is 0 Å². The molecule has 6 nitrogen and oxygen atoms in total. The molecule has 0 saturated carbocycles. The third-order valence-electron chi connectivity index (χ3n) is 5.07. The number of anilines is 2. The summed E-state index contributed by atoms with van der Waals surface area (Å²) in [4.78, 5) is 0.314. The number of halogens is 2. The molecule has 4 rings (SSSR count). The molecule has 35 heavy (non-hydrogen) atoms. The van der Waals surface area contributed by atoms with Crippen LogP contribution in [0, 0.1) is 0 Å². The number of benzene rings is 4. The standard InChI is InChI=1S/C25H20Br2N2O4S2/c26-20-5-9-22(10-6-20)28-34(30,31)24-13-1-18(2-14-24)17-19-3-15-25(16-4-19)35(32,33)29-23-11-7-21(27)8-12-23/h1-16,28-29H,17H2. The molecular weight excluding hydrogens is 616 g/mol. The van der Waals surface area contributed by atoms with Crippen LogP contribution in [0.2, 0.25) is 0 Å². The summed E-state index contributed by atoms with van der Waals surface area (Å²) in [6.07, 6.45) is 0.529. The summed E-state index contributed by atoms with van der Waals surface area (Å²) in [6.45, 7) is 0. The van der Waals surface area contributed by atoms with Gasteiger partial charge in [0.25, 0.3) is 20.0 Å². The Kier molecular flexibility index (Phi) is 7.65. The Labute approximate surface area is 221 Å². The van der Waals surface area contributed by atoms with E-state index >= 15 is 0 Å². The molecule has 0 aliphatic heterocycles. The molecule has 4 aromatic rings. The molecule has 0 saturated heterocycles. The zero-order chi connectivity index (χ0) is 25.1. The smallest absolute Gasteiger partial charge is 0.261 e. The topological polar surface area (TPSA) is 92.3 Å². The van der Waals surface area contributed by atoms with Crippen LogP contribution in [0.3, 0.4) is 0 Å². The first-order valence-electron chi connectivity index (χ1n) is 10.4. The van der Waals surface area contributed by atoms with Crippen LogP contribution < -0.4 is 9.44 Å². The van der Waals surface area contributed by atoms with Crippen LogP contribution >= 0.6 is 31.9 Å². The van der Waals surface area contributed by atoms with Crippen molar-refractivity contribution in [1.82, 2.24) is 0 Å². The highest BCUT2D eigenvalue weighted by Crippen LogP contribution is 2.22. The Bertz CT molecular complexity index is 1400. The fraction of sp³-hybridized carbons (Fsp3) is 0.0400. The van der Waals surface area contributed by atoms with Crippen LogP contribution in [0.25, 0.3) is 0 Å². The maximum absolute atomic E-state index is 12.6. The van der Waals surface area contributed by atoms with Crippen molar-refractivity contribution < 1.29 is 16.8 Å². The number of hydrogen-bond acceptors (Lipinski definition) is 4. The summed E-state index contributed by atoms with van der Waals surface area (Å²) >= 11 is 6.64. The first kappa shape index (κ1) is 25.4. The second kappa shape index (κ2) is 10.5. The van der Waals surface area contributed by atoms with Crippen molar-refractivity contribution in [3.8, 4) is 0 Å². The zero-order valence-corrected chi connectivity index (χ0v) is 23.0. The van der Waals surface area contributed by atoms with E-state index in [0.717, 1.165) is 20.1 Å². The molecule has 0 atom stereocenters. The summed E-state index contributed by atoms with van der Waals surface area (Å²) in [6, 6.07) is 26.9. The summed E-state index contributed by atoms with van der Waals surface area (Å²) in [5.74, 6) is 0. The van der Waals surface area contributed by atoms with Crippen molar-refractivity contribution in [3.05, 3.63) is 117 Å². The monoisotopic (exact) mass is 634 g/mol. The Morgan fingerprint density at radius 1 is 0.486 bits per heavy atom. The van der Waals surface area contributed by atoms with Gasteiger partial charge >= 0.3 is 0 Å². The van der Waals surface area contributed by atoms with Crippen molar-refractivity contribution in [2.75, 3.05) is 9.44 Å². The molecule has 0 unspecified atom stereocenters. The normalized spacial score (nSPS) is 11.7.